The van der Waals surface area contributed by atoms with Crippen molar-refractivity contribution < 1.29 is 9.47 Å². The molecule has 1 aliphatic rings. The van der Waals surface area contributed by atoms with Crippen LogP contribution in [0.25, 0.3) is 0 Å². The number of guanidine groups is 1. The van der Waals surface area contributed by atoms with E-state index in [9.17, 15) is 0 Å². The highest BCUT2D eigenvalue weighted by molar-refractivity contribution is 14.0. The molecule has 1 fully saturated rings. The van der Waals surface area contributed by atoms with Crippen molar-refractivity contribution >= 4 is 29.9 Å². The smallest absolute Gasteiger partial charge is 0.193 e. The zero-order chi connectivity index (χ0) is 21.7. The molecule has 31 heavy (non-hydrogen) atoms. The quantitative estimate of drug-likeness (QED) is 0.330. The molecule has 1 aromatic heterocycles. The zero-order valence-electron chi connectivity index (χ0n) is 19.3. The topological polar surface area (TPSA) is 67.2 Å². The van der Waals surface area contributed by atoms with Crippen LogP contribution in [0.4, 0.5) is 0 Å². The molecule has 1 N–H and O–H groups in total. The number of ether oxygens (including phenoxy) is 2. The fourth-order valence-electron chi connectivity index (χ4n) is 4.02. The standard InChI is InChI=1S/C22H34N6O2.HI/c1-23-22(24-13-21(26(2)3)18-12-25-27(4)14-18)28-8-7-16(15-28)17-9-19(29-5)11-20(10-17)30-6;/h9-12,14,16,21H,7-8,13,15H2,1-6H3,(H,23,24);1H. The van der Waals surface area contributed by atoms with Gasteiger partial charge in [0.25, 0.3) is 0 Å². The molecule has 1 saturated heterocycles. The van der Waals surface area contributed by atoms with Gasteiger partial charge >= 0.3 is 0 Å². The Morgan fingerprint density at radius 1 is 1.26 bits per heavy atom. The van der Waals surface area contributed by atoms with E-state index in [1.807, 2.05) is 31.0 Å². The normalized spacial score (nSPS) is 17.5. The third-order valence-corrected chi connectivity index (χ3v) is 5.73. The summed E-state index contributed by atoms with van der Waals surface area (Å²) in [5.74, 6) is 3.00. The van der Waals surface area contributed by atoms with Crippen LogP contribution in [0, 0.1) is 0 Å². The summed E-state index contributed by atoms with van der Waals surface area (Å²) in [5, 5.41) is 7.88. The summed E-state index contributed by atoms with van der Waals surface area (Å²) in [6.07, 6.45) is 5.06. The maximum atomic E-state index is 5.44. The summed E-state index contributed by atoms with van der Waals surface area (Å²) >= 11 is 0. The number of likely N-dealkylation sites (N-methyl/N-ethyl adjacent to an activating group) is 1. The van der Waals surface area contributed by atoms with Crippen LogP contribution < -0.4 is 14.8 Å². The van der Waals surface area contributed by atoms with E-state index in [4.69, 9.17) is 9.47 Å². The Kier molecular flexibility index (Phi) is 9.42. The molecule has 9 heteroatoms. The molecule has 3 rings (SSSR count). The number of hydrogen-bond donors (Lipinski definition) is 1. The first-order chi connectivity index (χ1) is 14.4. The predicted molar refractivity (Wildman–Crippen MR) is 135 cm³/mol. The molecular formula is C22H35IN6O2. The molecular weight excluding hydrogens is 507 g/mol. The molecule has 172 valence electrons. The second-order valence-electron chi connectivity index (χ2n) is 7.93. The number of nitrogens with one attached hydrogen (secondary N) is 1. The lowest BCUT2D eigenvalue weighted by molar-refractivity contribution is 0.295. The van der Waals surface area contributed by atoms with Gasteiger partial charge in [-0.2, -0.15) is 5.10 Å². The molecule has 2 unspecified atom stereocenters. The Morgan fingerprint density at radius 3 is 2.45 bits per heavy atom. The van der Waals surface area contributed by atoms with Gasteiger partial charge in [0.1, 0.15) is 11.5 Å². The van der Waals surface area contributed by atoms with Crippen molar-refractivity contribution in [2.75, 3.05) is 55.0 Å². The van der Waals surface area contributed by atoms with Gasteiger partial charge in [0, 0.05) is 57.5 Å². The van der Waals surface area contributed by atoms with Gasteiger partial charge in [-0.25, -0.2) is 0 Å². The number of aromatic nitrogens is 2. The maximum absolute atomic E-state index is 5.44. The number of methoxy groups -OCH3 is 2. The Bertz CT molecular complexity index is 847. The van der Waals surface area contributed by atoms with E-state index in [1.54, 1.807) is 14.2 Å². The molecule has 0 bridgehead atoms. The molecule has 0 aliphatic carbocycles. The van der Waals surface area contributed by atoms with Crippen molar-refractivity contribution in [2.45, 2.75) is 18.4 Å². The van der Waals surface area contributed by atoms with Crippen LogP contribution in [0.15, 0.2) is 35.6 Å². The fraction of sp³-hybridized carbons (Fsp3) is 0.545. The fourth-order valence-corrected chi connectivity index (χ4v) is 4.02. The monoisotopic (exact) mass is 542 g/mol. The average Bonchev–Trinajstić information content (AvgIpc) is 3.40. The van der Waals surface area contributed by atoms with Gasteiger partial charge in [-0.15, -0.1) is 24.0 Å². The number of aliphatic imine (C=N–C) groups is 1. The molecule has 1 aromatic carbocycles. The highest BCUT2D eigenvalue weighted by Crippen LogP contribution is 2.33. The Balaban J connectivity index is 0.00000341. The van der Waals surface area contributed by atoms with E-state index < -0.39 is 0 Å². The minimum absolute atomic E-state index is 0. The average molecular weight is 542 g/mol. The summed E-state index contributed by atoms with van der Waals surface area (Å²) in [6.45, 7) is 2.64. The summed E-state index contributed by atoms with van der Waals surface area (Å²) in [7, 11) is 11.3. The van der Waals surface area contributed by atoms with Crippen LogP contribution >= 0.6 is 24.0 Å². The van der Waals surface area contributed by atoms with E-state index in [-0.39, 0.29) is 30.0 Å². The lowest BCUT2D eigenvalue weighted by atomic mass is 9.98. The zero-order valence-corrected chi connectivity index (χ0v) is 21.7. The number of likely N-dealkylation sites (tertiary alicyclic amines) is 1. The van der Waals surface area contributed by atoms with Crippen molar-refractivity contribution in [1.29, 1.82) is 0 Å². The number of nitrogens with zero attached hydrogens (tertiary/aromatic N) is 5. The van der Waals surface area contributed by atoms with Crippen LogP contribution in [0.5, 0.6) is 11.5 Å². The SMILES string of the molecule is CN=C(NCC(c1cnn(C)c1)N(C)C)N1CCC(c2cc(OC)cc(OC)c2)C1.I. The first-order valence-electron chi connectivity index (χ1n) is 10.3. The number of hydrogen-bond acceptors (Lipinski definition) is 5. The van der Waals surface area contributed by atoms with E-state index in [2.05, 4.69) is 57.6 Å². The van der Waals surface area contributed by atoms with Crippen LogP contribution in [-0.4, -0.2) is 80.5 Å². The summed E-state index contributed by atoms with van der Waals surface area (Å²) in [6, 6.07) is 6.35. The van der Waals surface area contributed by atoms with Crippen LogP contribution in [0.1, 0.15) is 29.5 Å². The van der Waals surface area contributed by atoms with Gasteiger partial charge in [0.05, 0.1) is 26.5 Å². The van der Waals surface area contributed by atoms with Crippen molar-refractivity contribution in [1.82, 2.24) is 24.9 Å². The third kappa shape index (κ3) is 6.25. The molecule has 0 amide bonds. The number of benzene rings is 1. The van der Waals surface area contributed by atoms with Crippen molar-refractivity contribution in [3.05, 3.63) is 41.7 Å². The van der Waals surface area contributed by atoms with Crippen molar-refractivity contribution in [3.63, 3.8) is 0 Å². The largest absolute Gasteiger partial charge is 0.497 e. The van der Waals surface area contributed by atoms with Gasteiger partial charge < -0.3 is 24.6 Å². The van der Waals surface area contributed by atoms with E-state index >= 15 is 0 Å². The molecule has 2 aromatic rings. The molecule has 1 aliphatic heterocycles. The maximum Gasteiger partial charge on any atom is 0.193 e. The lowest BCUT2D eigenvalue weighted by Crippen LogP contribution is -2.43. The minimum Gasteiger partial charge on any atom is -0.497 e. The molecule has 2 heterocycles. The van der Waals surface area contributed by atoms with Crippen LogP contribution in [-0.2, 0) is 7.05 Å². The van der Waals surface area contributed by atoms with Crippen molar-refractivity contribution in [2.24, 2.45) is 12.0 Å². The Morgan fingerprint density at radius 2 is 1.94 bits per heavy atom. The van der Waals surface area contributed by atoms with Gasteiger partial charge in [-0.05, 0) is 38.2 Å². The highest BCUT2D eigenvalue weighted by Gasteiger charge is 2.27. The van der Waals surface area contributed by atoms with Gasteiger partial charge in [0.15, 0.2) is 5.96 Å². The second kappa shape index (κ2) is 11.6. The lowest BCUT2D eigenvalue weighted by Gasteiger charge is -2.27. The van der Waals surface area contributed by atoms with E-state index in [1.165, 1.54) is 11.1 Å². The number of halogens is 1. The third-order valence-electron chi connectivity index (χ3n) is 5.73. The summed E-state index contributed by atoms with van der Waals surface area (Å²) < 4.78 is 12.7. The summed E-state index contributed by atoms with van der Waals surface area (Å²) in [5.41, 5.74) is 2.43. The molecule has 8 nitrogen and oxygen atoms in total. The first kappa shape index (κ1) is 25.3. The second-order valence-corrected chi connectivity index (χ2v) is 7.93. The minimum atomic E-state index is 0. The van der Waals surface area contributed by atoms with Gasteiger partial charge in [0.2, 0.25) is 0 Å². The predicted octanol–water partition coefficient (Wildman–Crippen LogP) is 2.72. The molecule has 2 atom stereocenters. The number of aryl methyl sites for hydroxylation is 1. The van der Waals surface area contributed by atoms with E-state index in [0.717, 1.165) is 43.5 Å². The highest BCUT2D eigenvalue weighted by atomic mass is 127. The first-order valence-corrected chi connectivity index (χ1v) is 10.3. The molecule has 0 radical (unpaired) electrons. The van der Waals surface area contributed by atoms with Gasteiger partial charge in [-0.1, -0.05) is 0 Å². The Labute approximate surface area is 202 Å². The summed E-state index contributed by atoms with van der Waals surface area (Å²) in [4.78, 5) is 9.07. The Hall–Kier alpha value is -2.01. The van der Waals surface area contributed by atoms with Gasteiger partial charge in [-0.3, -0.25) is 9.67 Å². The molecule has 0 saturated carbocycles. The van der Waals surface area contributed by atoms with Crippen LogP contribution in [0.3, 0.4) is 0 Å². The van der Waals surface area contributed by atoms with Crippen LogP contribution in [0.2, 0.25) is 0 Å². The molecule has 0 spiro atoms. The number of rotatable bonds is 7. The van der Waals surface area contributed by atoms with Crippen molar-refractivity contribution in [3.8, 4) is 11.5 Å². The van der Waals surface area contributed by atoms with E-state index in [0.29, 0.717) is 5.92 Å².